The monoisotopic (exact) mass is 253 g/mol. The van der Waals surface area contributed by atoms with Gasteiger partial charge in [-0.25, -0.2) is 0 Å². The van der Waals surface area contributed by atoms with E-state index in [4.69, 9.17) is 18.9 Å². The van der Waals surface area contributed by atoms with Crippen LogP contribution in [0, 0.1) is 0 Å². The molecule has 18 heavy (non-hydrogen) atoms. The fraction of sp³-hybridized carbons (Fsp3) is 0.538. The van der Waals surface area contributed by atoms with Crippen LogP contribution in [-0.2, 0) is 4.74 Å². The van der Waals surface area contributed by atoms with Crippen LogP contribution >= 0.6 is 0 Å². The molecule has 5 heteroatoms. The number of rotatable bonds is 8. The summed E-state index contributed by atoms with van der Waals surface area (Å²) in [6.45, 7) is 3.26. The van der Waals surface area contributed by atoms with Crippen LogP contribution < -0.4 is 19.5 Å². The molecule has 0 amide bonds. The lowest BCUT2D eigenvalue weighted by atomic mass is 10.3. The van der Waals surface area contributed by atoms with Crippen LogP contribution in [0.3, 0.4) is 0 Å². The highest BCUT2D eigenvalue weighted by atomic mass is 16.7. The van der Waals surface area contributed by atoms with Crippen molar-refractivity contribution in [2.75, 3.05) is 40.2 Å². The van der Waals surface area contributed by atoms with E-state index < -0.39 is 0 Å². The first-order valence-corrected chi connectivity index (χ1v) is 6.15. The van der Waals surface area contributed by atoms with E-state index >= 15 is 0 Å². The molecule has 0 radical (unpaired) electrons. The summed E-state index contributed by atoms with van der Waals surface area (Å²) in [6, 6.07) is 5.60. The van der Waals surface area contributed by atoms with Gasteiger partial charge in [0, 0.05) is 25.6 Å². The van der Waals surface area contributed by atoms with Gasteiger partial charge in [0.05, 0.1) is 13.2 Å². The number of hydrogen-bond acceptors (Lipinski definition) is 5. The molecule has 1 aliphatic heterocycles. The fourth-order valence-electron chi connectivity index (χ4n) is 1.59. The van der Waals surface area contributed by atoms with E-state index in [2.05, 4.69) is 5.32 Å². The van der Waals surface area contributed by atoms with Gasteiger partial charge in [-0.2, -0.15) is 0 Å². The molecular formula is C13H19NO4. The van der Waals surface area contributed by atoms with E-state index in [1.165, 1.54) is 0 Å². The van der Waals surface area contributed by atoms with Gasteiger partial charge < -0.3 is 24.3 Å². The Labute approximate surface area is 107 Å². The third-order valence-corrected chi connectivity index (χ3v) is 2.54. The van der Waals surface area contributed by atoms with Gasteiger partial charge >= 0.3 is 0 Å². The molecule has 0 spiro atoms. The topological polar surface area (TPSA) is 49.0 Å². The molecule has 100 valence electrons. The predicted molar refractivity (Wildman–Crippen MR) is 67.4 cm³/mol. The smallest absolute Gasteiger partial charge is 0.231 e. The van der Waals surface area contributed by atoms with Gasteiger partial charge in [-0.1, -0.05) is 0 Å². The summed E-state index contributed by atoms with van der Waals surface area (Å²) in [5.74, 6) is 2.32. The molecule has 0 unspecified atom stereocenters. The zero-order valence-electron chi connectivity index (χ0n) is 10.6. The molecule has 1 aliphatic rings. The predicted octanol–water partition coefficient (Wildman–Crippen LogP) is 1.42. The van der Waals surface area contributed by atoms with Crippen LogP contribution in [0.4, 0.5) is 0 Å². The number of fused-ring (bicyclic) bond motifs is 1. The molecule has 1 aromatic carbocycles. The van der Waals surface area contributed by atoms with Gasteiger partial charge in [0.15, 0.2) is 11.5 Å². The summed E-state index contributed by atoms with van der Waals surface area (Å²) in [7, 11) is 1.91. The van der Waals surface area contributed by atoms with Crippen molar-refractivity contribution >= 4 is 0 Å². The average Bonchev–Trinajstić information content (AvgIpc) is 2.85. The summed E-state index contributed by atoms with van der Waals surface area (Å²) in [4.78, 5) is 0. The molecule has 1 heterocycles. The van der Waals surface area contributed by atoms with Crippen molar-refractivity contribution in [2.24, 2.45) is 0 Å². The van der Waals surface area contributed by atoms with Gasteiger partial charge in [0.1, 0.15) is 5.75 Å². The van der Waals surface area contributed by atoms with Crippen molar-refractivity contribution in [3.8, 4) is 17.2 Å². The van der Waals surface area contributed by atoms with Gasteiger partial charge in [-0.15, -0.1) is 0 Å². The van der Waals surface area contributed by atoms with Crippen molar-refractivity contribution in [3.05, 3.63) is 18.2 Å². The Hall–Kier alpha value is -1.46. The van der Waals surface area contributed by atoms with Crippen LogP contribution in [0.2, 0.25) is 0 Å². The molecule has 0 bridgehead atoms. The lowest BCUT2D eigenvalue weighted by Crippen LogP contribution is -2.15. The molecule has 0 atom stereocenters. The van der Waals surface area contributed by atoms with Gasteiger partial charge in [-0.3, -0.25) is 0 Å². The second-order valence-electron chi connectivity index (χ2n) is 3.93. The first kappa shape index (κ1) is 13.0. The van der Waals surface area contributed by atoms with Crippen molar-refractivity contribution in [2.45, 2.75) is 6.42 Å². The lowest BCUT2D eigenvalue weighted by molar-refractivity contribution is 0.122. The van der Waals surface area contributed by atoms with E-state index in [1.54, 1.807) is 0 Å². The zero-order chi connectivity index (χ0) is 12.6. The number of likely N-dealkylation sites (N-methyl/N-ethyl adjacent to an activating group) is 1. The fourth-order valence-corrected chi connectivity index (χ4v) is 1.59. The Bertz CT molecular complexity index is 370. The molecular weight excluding hydrogens is 234 g/mol. The van der Waals surface area contributed by atoms with Gasteiger partial charge in [0.25, 0.3) is 0 Å². The zero-order valence-corrected chi connectivity index (χ0v) is 10.6. The van der Waals surface area contributed by atoms with Crippen LogP contribution in [0.1, 0.15) is 6.42 Å². The van der Waals surface area contributed by atoms with Crippen molar-refractivity contribution in [1.82, 2.24) is 5.32 Å². The Morgan fingerprint density at radius 2 is 2.06 bits per heavy atom. The summed E-state index contributed by atoms with van der Waals surface area (Å²) >= 11 is 0. The maximum Gasteiger partial charge on any atom is 0.231 e. The van der Waals surface area contributed by atoms with Gasteiger partial charge in [-0.05, 0) is 19.2 Å². The molecule has 0 saturated heterocycles. The van der Waals surface area contributed by atoms with Crippen LogP contribution in [0.5, 0.6) is 17.2 Å². The molecule has 0 aromatic heterocycles. The number of benzene rings is 1. The Morgan fingerprint density at radius 1 is 1.17 bits per heavy atom. The largest absolute Gasteiger partial charge is 0.493 e. The normalized spacial score (nSPS) is 12.7. The minimum Gasteiger partial charge on any atom is -0.493 e. The molecule has 0 saturated carbocycles. The summed E-state index contributed by atoms with van der Waals surface area (Å²) in [5.41, 5.74) is 0. The number of nitrogens with one attached hydrogen (secondary N) is 1. The summed E-state index contributed by atoms with van der Waals surface area (Å²) < 4.78 is 21.5. The third-order valence-electron chi connectivity index (χ3n) is 2.54. The minimum atomic E-state index is 0.290. The maximum atomic E-state index is 5.61. The van der Waals surface area contributed by atoms with Crippen molar-refractivity contribution in [3.63, 3.8) is 0 Å². The lowest BCUT2D eigenvalue weighted by Gasteiger charge is -2.07. The third kappa shape index (κ3) is 3.78. The summed E-state index contributed by atoms with van der Waals surface area (Å²) in [6.07, 6.45) is 0.873. The number of ether oxygens (including phenoxy) is 4. The Morgan fingerprint density at radius 3 is 2.94 bits per heavy atom. The Balaban J connectivity index is 1.62. The molecule has 5 nitrogen and oxygen atoms in total. The Kier molecular flexibility index (Phi) is 5.11. The van der Waals surface area contributed by atoms with Crippen LogP contribution in [0.25, 0.3) is 0 Å². The standard InChI is InChI=1S/C13H19NO4/c1-14-5-8-15-6-2-7-16-11-3-4-12-13(9-11)18-10-17-12/h3-4,9,14H,2,5-8,10H2,1H3. The second-order valence-corrected chi connectivity index (χ2v) is 3.93. The molecule has 0 aliphatic carbocycles. The van der Waals surface area contributed by atoms with E-state index in [-0.39, 0.29) is 6.79 Å². The van der Waals surface area contributed by atoms with E-state index in [0.717, 1.165) is 36.8 Å². The van der Waals surface area contributed by atoms with E-state index in [9.17, 15) is 0 Å². The highest BCUT2D eigenvalue weighted by Crippen LogP contribution is 2.34. The average molecular weight is 253 g/mol. The van der Waals surface area contributed by atoms with Gasteiger partial charge in [0.2, 0.25) is 6.79 Å². The van der Waals surface area contributed by atoms with Crippen molar-refractivity contribution in [1.29, 1.82) is 0 Å². The molecule has 1 aromatic rings. The SMILES string of the molecule is CNCCOCCCOc1ccc2c(c1)OCO2. The van der Waals surface area contributed by atoms with E-state index in [0.29, 0.717) is 13.2 Å². The quantitative estimate of drug-likeness (QED) is 0.710. The number of hydrogen-bond donors (Lipinski definition) is 1. The minimum absolute atomic E-state index is 0.290. The highest BCUT2D eigenvalue weighted by Gasteiger charge is 2.13. The first-order chi connectivity index (χ1) is 8.90. The van der Waals surface area contributed by atoms with Crippen LogP contribution in [0.15, 0.2) is 18.2 Å². The molecule has 1 N–H and O–H groups in total. The first-order valence-electron chi connectivity index (χ1n) is 6.15. The maximum absolute atomic E-state index is 5.61. The summed E-state index contributed by atoms with van der Waals surface area (Å²) in [5, 5.41) is 3.03. The van der Waals surface area contributed by atoms with Crippen molar-refractivity contribution < 1.29 is 18.9 Å². The van der Waals surface area contributed by atoms with Crippen LogP contribution in [-0.4, -0.2) is 40.2 Å². The second kappa shape index (κ2) is 7.08. The highest BCUT2D eigenvalue weighted by molar-refractivity contribution is 5.46. The van der Waals surface area contributed by atoms with E-state index in [1.807, 2.05) is 25.2 Å². The molecule has 0 fully saturated rings. The molecule has 2 rings (SSSR count).